The van der Waals surface area contributed by atoms with E-state index in [-0.39, 0.29) is 11.9 Å². The first-order chi connectivity index (χ1) is 18.7. The number of nitrogens with zero attached hydrogens (tertiary/aromatic N) is 4. The van der Waals surface area contributed by atoms with Crippen LogP contribution in [-0.4, -0.2) is 70.8 Å². The first kappa shape index (κ1) is 28.5. The van der Waals surface area contributed by atoms with Gasteiger partial charge in [0.2, 0.25) is 17.8 Å². The van der Waals surface area contributed by atoms with Crippen LogP contribution in [0.5, 0.6) is 0 Å². The predicted molar refractivity (Wildman–Crippen MR) is 158 cm³/mol. The number of carbonyl (C=O) groups is 3. The van der Waals surface area contributed by atoms with E-state index >= 15 is 0 Å². The molecule has 1 aliphatic rings. The molecule has 39 heavy (non-hydrogen) atoms. The van der Waals surface area contributed by atoms with Crippen LogP contribution in [0.25, 0.3) is 11.0 Å². The largest absolute Gasteiger partial charge is 0.337 e. The molecule has 1 aliphatic heterocycles. The minimum atomic E-state index is -0.403. The molecule has 0 spiro atoms. The standard InChI is InChI=1S/C28H33ClN6O3S/c1-5-23(36)31-27-20(16-18(2)39-27)26(38)32-28-30-22-12-8-11-21(29)25(22)35(28)19-10-6-7-15-34(17-19)24(37)13-9-14-33(3)4/h5,8-9,11-13,16,19H,1,6-7,10,14-15,17H2,2-4H3,(H,31,36)(H,30,32,38)/b13-9+/t19-/m1/s1. The Bertz CT molecular complexity index is 1430. The van der Waals surface area contributed by atoms with Gasteiger partial charge in [0, 0.05) is 30.6 Å². The van der Waals surface area contributed by atoms with Crippen molar-refractivity contribution in [3.8, 4) is 0 Å². The summed E-state index contributed by atoms with van der Waals surface area (Å²) in [4.78, 5) is 47.9. The molecule has 4 rings (SSSR count). The van der Waals surface area contributed by atoms with Crippen LogP contribution in [0.2, 0.25) is 5.02 Å². The van der Waals surface area contributed by atoms with Crippen molar-refractivity contribution in [1.82, 2.24) is 19.4 Å². The maximum Gasteiger partial charge on any atom is 0.260 e. The van der Waals surface area contributed by atoms with Crippen molar-refractivity contribution in [3.63, 3.8) is 0 Å². The van der Waals surface area contributed by atoms with E-state index in [4.69, 9.17) is 16.6 Å². The number of aryl methyl sites for hydroxylation is 1. The Balaban J connectivity index is 1.68. The normalized spacial score (nSPS) is 16.0. The van der Waals surface area contributed by atoms with Crippen molar-refractivity contribution in [3.05, 3.63) is 64.5 Å². The predicted octanol–water partition coefficient (Wildman–Crippen LogP) is 5.11. The Labute approximate surface area is 237 Å². The smallest absolute Gasteiger partial charge is 0.260 e. The van der Waals surface area contributed by atoms with Gasteiger partial charge >= 0.3 is 0 Å². The van der Waals surface area contributed by atoms with E-state index in [1.54, 1.807) is 18.2 Å². The molecule has 1 fully saturated rings. The molecule has 3 aromatic rings. The second-order valence-corrected chi connectivity index (χ2v) is 11.4. The number of rotatable bonds is 8. The van der Waals surface area contributed by atoms with Crippen LogP contribution in [0.1, 0.15) is 40.5 Å². The summed E-state index contributed by atoms with van der Waals surface area (Å²) in [6.07, 6.45) is 7.24. The molecule has 2 aromatic heterocycles. The number of benzene rings is 1. The van der Waals surface area contributed by atoms with Crippen molar-refractivity contribution in [2.45, 2.75) is 32.2 Å². The van der Waals surface area contributed by atoms with E-state index in [2.05, 4.69) is 17.2 Å². The highest BCUT2D eigenvalue weighted by Gasteiger charge is 2.28. The molecule has 206 valence electrons. The van der Waals surface area contributed by atoms with Gasteiger partial charge in [0.25, 0.3) is 5.91 Å². The van der Waals surface area contributed by atoms with Crippen molar-refractivity contribution < 1.29 is 14.4 Å². The average Bonchev–Trinajstić information content (AvgIpc) is 3.33. The summed E-state index contributed by atoms with van der Waals surface area (Å²) in [5, 5.41) is 6.62. The zero-order valence-electron chi connectivity index (χ0n) is 22.4. The van der Waals surface area contributed by atoms with Gasteiger partial charge in [-0.1, -0.05) is 30.3 Å². The number of anilines is 2. The van der Waals surface area contributed by atoms with Gasteiger partial charge in [-0.3, -0.25) is 19.7 Å². The van der Waals surface area contributed by atoms with Gasteiger partial charge in [0.1, 0.15) is 5.00 Å². The number of thiophene rings is 1. The summed E-state index contributed by atoms with van der Waals surface area (Å²) < 4.78 is 1.95. The molecule has 0 radical (unpaired) electrons. The molecule has 1 saturated heterocycles. The third-order valence-electron chi connectivity index (χ3n) is 6.46. The van der Waals surface area contributed by atoms with Gasteiger partial charge in [-0.05, 0) is 64.6 Å². The number of imidazole rings is 1. The summed E-state index contributed by atoms with van der Waals surface area (Å²) in [5.74, 6) is -0.496. The van der Waals surface area contributed by atoms with Crippen molar-refractivity contribution in [2.75, 3.05) is 44.4 Å². The molecular weight excluding hydrogens is 536 g/mol. The van der Waals surface area contributed by atoms with Crippen LogP contribution < -0.4 is 10.6 Å². The van der Waals surface area contributed by atoms with Gasteiger partial charge in [0.15, 0.2) is 0 Å². The average molecular weight is 569 g/mol. The Morgan fingerprint density at radius 2 is 2.05 bits per heavy atom. The maximum atomic E-state index is 13.5. The number of amides is 3. The fraction of sp³-hybridized carbons (Fsp3) is 0.357. The summed E-state index contributed by atoms with van der Waals surface area (Å²) in [5.41, 5.74) is 1.69. The SMILES string of the molecule is C=CC(=O)Nc1sc(C)cc1C(=O)Nc1nc2cccc(Cl)c2n1[C@@H]1CCCCN(C(=O)/C=C/CN(C)C)C1. The highest BCUT2D eigenvalue weighted by Crippen LogP contribution is 2.35. The lowest BCUT2D eigenvalue weighted by atomic mass is 10.1. The second-order valence-electron chi connectivity index (χ2n) is 9.76. The first-order valence-electron chi connectivity index (χ1n) is 12.8. The van der Waals surface area contributed by atoms with Crippen LogP contribution in [0.4, 0.5) is 10.9 Å². The number of halogens is 1. The fourth-order valence-electron chi connectivity index (χ4n) is 4.66. The van der Waals surface area contributed by atoms with Crippen LogP contribution in [0.15, 0.2) is 49.1 Å². The summed E-state index contributed by atoms with van der Waals surface area (Å²) >= 11 is 7.97. The van der Waals surface area contributed by atoms with E-state index < -0.39 is 11.8 Å². The number of nitrogens with one attached hydrogen (secondary N) is 2. The molecule has 0 aliphatic carbocycles. The lowest BCUT2D eigenvalue weighted by molar-refractivity contribution is -0.126. The quantitative estimate of drug-likeness (QED) is 0.368. The highest BCUT2D eigenvalue weighted by molar-refractivity contribution is 7.16. The molecule has 9 nitrogen and oxygen atoms in total. The van der Waals surface area contributed by atoms with E-state index in [9.17, 15) is 14.4 Å². The third-order valence-corrected chi connectivity index (χ3v) is 7.73. The molecule has 3 heterocycles. The van der Waals surface area contributed by atoms with Crippen LogP contribution in [0, 0.1) is 6.92 Å². The summed E-state index contributed by atoms with van der Waals surface area (Å²) in [6.45, 7) is 7.15. The number of likely N-dealkylation sites (tertiary alicyclic amines) is 1. The molecule has 1 aromatic carbocycles. The Hall–Kier alpha value is -3.47. The topological polar surface area (TPSA) is 99.6 Å². The molecule has 0 bridgehead atoms. The lowest BCUT2D eigenvalue weighted by Crippen LogP contribution is -2.34. The number of hydrogen-bond donors (Lipinski definition) is 2. The zero-order chi connectivity index (χ0) is 28.1. The number of para-hydroxylation sites is 1. The minimum absolute atomic E-state index is 0.0406. The molecule has 0 saturated carbocycles. The molecule has 2 N–H and O–H groups in total. The number of hydrogen-bond acceptors (Lipinski definition) is 6. The maximum absolute atomic E-state index is 13.5. The van der Waals surface area contributed by atoms with Gasteiger partial charge in [-0.2, -0.15) is 0 Å². The summed E-state index contributed by atoms with van der Waals surface area (Å²) in [6, 6.07) is 7.04. The number of fused-ring (bicyclic) bond motifs is 1. The van der Waals surface area contributed by atoms with Crippen LogP contribution in [0.3, 0.4) is 0 Å². The number of likely N-dealkylation sites (N-methyl/N-ethyl adjacent to an activating group) is 1. The lowest BCUT2D eigenvalue weighted by Gasteiger charge is -2.26. The third kappa shape index (κ3) is 6.76. The van der Waals surface area contributed by atoms with Crippen LogP contribution >= 0.6 is 22.9 Å². The molecule has 11 heteroatoms. The van der Waals surface area contributed by atoms with Gasteiger partial charge in [-0.25, -0.2) is 4.98 Å². The van der Waals surface area contributed by atoms with Gasteiger partial charge in [0.05, 0.1) is 27.7 Å². The highest BCUT2D eigenvalue weighted by atomic mass is 35.5. The second kappa shape index (κ2) is 12.6. The molecule has 0 unspecified atom stereocenters. The Morgan fingerprint density at radius 3 is 2.79 bits per heavy atom. The summed E-state index contributed by atoms with van der Waals surface area (Å²) in [7, 11) is 3.91. The van der Waals surface area contributed by atoms with E-state index in [1.165, 1.54) is 11.3 Å². The zero-order valence-corrected chi connectivity index (χ0v) is 23.9. The monoisotopic (exact) mass is 568 g/mol. The van der Waals surface area contributed by atoms with Crippen molar-refractivity contribution in [2.24, 2.45) is 0 Å². The van der Waals surface area contributed by atoms with Gasteiger partial charge in [-0.15, -0.1) is 11.3 Å². The van der Waals surface area contributed by atoms with E-state index in [0.717, 1.165) is 30.2 Å². The molecule has 1 atom stereocenters. The number of aromatic nitrogens is 2. The van der Waals surface area contributed by atoms with Crippen molar-refractivity contribution >= 4 is 62.6 Å². The van der Waals surface area contributed by atoms with Crippen molar-refractivity contribution in [1.29, 1.82) is 0 Å². The van der Waals surface area contributed by atoms with Gasteiger partial charge < -0.3 is 19.7 Å². The molecular formula is C28H33ClN6O3S. The number of carbonyl (C=O) groups excluding carboxylic acids is 3. The Kier molecular flexibility index (Phi) is 9.21. The van der Waals surface area contributed by atoms with E-state index in [1.807, 2.05) is 53.6 Å². The van der Waals surface area contributed by atoms with E-state index in [0.29, 0.717) is 52.2 Å². The van der Waals surface area contributed by atoms with Crippen LogP contribution in [-0.2, 0) is 9.59 Å². The first-order valence-corrected chi connectivity index (χ1v) is 14.0. The Morgan fingerprint density at radius 1 is 1.26 bits per heavy atom. The molecule has 3 amide bonds. The minimum Gasteiger partial charge on any atom is -0.337 e. The fourth-order valence-corrected chi connectivity index (χ4v) is 5.83.